The van der Waals surface area contributed by atoms with Gasteiger partial charge in [-0.1, -0.05) is 26.8 Å². The standard InChI is InChI=1S/C15H21NOS/c1-14(2)10-6-7-15(3,9-10)13(14)16-12(17)11-5-4-8-18-11/h4-5,8,10,13H,6-7,9H2,1-3H3,(H,16,17). The summed E-state index contributed by atoms with van der Waals surface area (Å²) in [6.45, 7) is 6.99. The van der Waals surface area contributed by atoms with Crippen LogP contribution < -0.4 is 5.32 Å². The van der Waals surface area contributed by atoms with E-state index in [4.69, 9.17) is 0 Å². The molecule has 1 aromatic heterocycles. The van der Waals surface area contributed by atoms with Crippen LogP contribution in [0.1, 0.15) is 49.7 Å². The normalized spacial score (nSPS) is 36.8. The van der Waals surface area contributed by atoms with E-state index in [9.17, 15) is 4.79 Å². The van der Waals surface area contributed by atoms with Crippen LogP contribution in [0, 0.1) is 16.7 Å². The average molecular weight is 263 g/mol. The molecule has 1 amide bonds. The maximum atomic E-state index is 12.3. The molecule has 2 nitrogen and oxygen atoms in total. The number of fused-ring (bicyclic) bond motifs is 2. The van der Waals surface area contributed by atoms with Crippen molar-refractivity contribution in [1.29, 1.82) is 0 Å². The third kappa shape index (κ3) is 1.63. The van der Waals surface area contributed by atoms with Crippen LogP contribution in [0.2, 0.25) is 0 Å². The summed E-state index contributed by atoms with van der Waals surface area (Å²) in [6, 6.07) is 4.16. The van der Waals surface area contributed by atoms with Gasteiger partial charge < -0.3 is 5.32 Å². The smallest absolute Gasteiger partial charge is 0.261 e. The summed E-state index contributed by atoms with van der Waals surface area (Å²) < 4.78 is 0. The fraction of sp³-hybridized carbons (Fsp3) is 0.667. The molecule has 0 aliphatic heterocycles. The third-order valence-corrected chi connectivity index (χ3v) is 6.16. The molecular formula is C15H21NOS. The Balaban J connectivity index is 1.82. The molecule has 2 aliphatic carbocycles. The number of thiophene rings is 1. The van der Waals surface area contributed by atoms with Gasteiger partial charge in [-0.25, -0.2) is 0 Å². The van der Waals surface area contributed by atoms with Crippen LogP contribution in [0.15, 0.2) is 17.5 Å². The zero-order chi connectivity index (χ0) is 13.0. The number of hydrogen-bond acceptors (Lipinski definition) is 2. The van der Waals surface area contributed by atoms with Crippen molar-refractivity contribution in [1.82, 2.24) is 5.32 Å². The molecule has 2 fully saturated rings. The van der Waals surface area contributed by atoms with E-state index in [0.717, 1.165) is 10.8 Å². The first-order chi connectivity index (χ1) is 8.43. The number of nitrogens with one attached hydrogen (secondary N) is 1. The lowest BCUT2D eigenvalue weighted by Gasteiger charge is -2.43. The predicted octanol–water partition coefficient (Wildman–Crippen LogP) is 3.69. The fourth-order valence-electron chi connectivity index (χ4n) is 4.27. The highest BCUT2D eigenvalue weighted by Gasteiger charge is 2.59. The summed E-state index contributed by atoms with van der Waals surface area (Å²) in [5, 5.41) is 5.28. The molecular weight excluding hydrogens is 242 g/mol. The van der Waals surface area contributed by atoms with Crippen molar-refractivity contribution in [3.63, 3.8) is 0 Å². The highest BCUT2D eigenvalue weighted by atomic mass is 32.1. The highest BCUT2D eigenvalue weighted by molar-refractivity contribution is 7.12. The lowest BCUT2D eigenvalue weighted by atomic mass is 9.68. The summed E-state index contributed by atoms with van der Waals surface area (Å²) in [5.74, 6) is 0.882. The van der Waals surface area contributed by atoms with E-state index in [-0.39, 0.29) is 11.3 Å². The number of carbonyl (C=O) groups excluding carboxylic acids is 1. The Bertz CT molecular complexity index is 460. The van der Waals surface area contributed by atoms with Gasteiger partial charge in [-0.05, 0) is 47.5 Å². The van der Waals surface area contributed by atoms with Crippen LogP contribution >= 0.6 is 11.3 Å². The third-order valence-electron chi connectivity index (χ3n) is 5.29. The van der Waals surface area contributed by atoms with Gasteiger partial charge in [0, 0.05) is 6.04 Å². The van der Waals surface area contributed by atoms with Crippen molar-refractivity contribution in [2.75, 3.05) is 0 Å². The monoisotopic (exact) mass is 263 g/mol. The molecule has 1 N–H and O–H groups in total. The maximum absolute atomic E-state index is 12.3. The van der Waals surface area contributed by atoms with E-state index in [1.165, 1.54) is 30.6 Å². The summed E-state index contributed by atoms with van der Waals surface area (Å²) in [6.07, 6.45) is 3.86. The number of carbonyl (C=O) groups is 1. The van der Waals surface area contributed by atoms with E-state index in [0.29, 0.717) is 11.5 Å². The van der Waals surface area contributed by atoms with E-state index in [1.807, 2.05) is 17.5 Å². The van der Waals surface area contributed by atoms with Gasteiger partial charge in [-0.3, -0.25) is 4.79 Å². The summed E-state index contributed by atoms with van der Waals surface area (Å²) >= 11 is 1.52. The molecule has 18 heavy (non-hydrogen) atoms. The van der Waals surface area contributed by atoms with E-state index in [2.05, 4.69) is 26.1 Å². The zero-order valence-corrected chi connectivity index (χ0v) is 12.1. The quantitative estimate of drug-likeness (QED) is 0.866. The first kappa shape index (κ1) is 12.2. The van der Waals surface area contributed by atoms with Crippen LogP contribution in [0.5, 0.6) is 0 Å². The summed E-state index contributed by atoms with van der Waals surface area (Å²) in [4.78, 5) is 13.1. The first-order valence-corrected chi connectivity index (χ1v) is 7.66. The molecule has 3 atom stereocenters. The maximum Gasteiger partial charge on any atom is 0.261 e. The molecule has 3 heteroatoms. The Morgan fingerprint density at radius 3 is 2.78 bits per heavy atom. The van der Waals surface area contributed by atoms with Gasteiger partial charge in [0.2, 0.25) is 0 Å². The van der Waals surface area contributed by atoms with Gasteiger partial charge in [0.1, 0.15) is 0 Å². The van der Waals surface area contributed by atoms with Gasteiger partial charge in [0.05, 0.1) is 4.88 Å². The number of rotatable bonds is 2. The van der Waals surface area contributed by atoms with Crippen LogP contribution in [-0.4, -0.2) is 11.9 Å². The highest BCUT2D eigenvalue weighted by Crippen LogP contribution is 2.62. The largest absolute Gasteiger partial charge is 0.348 e. The molecule has 0 spiro atoms. The lowest BCUT2D eigenvalue weighted by Crippen LogP contribution is -2.52. The SMILES string of the molecule is CC12CCC(C1)C(C)(C)C2NC(=O)c1cccs1. The first-order valence-electron chi connectivity index (χ1n) is 6.78. The Labute approximate surface area is 113 Å². The minimum absolute atomic E-state index is 0.108. The predicted molar refractivity (Wildman–Crippen MR) is 74.8 cm³/mol. The van der Waals surface area contributed by atoms with Gasteiger partial charge in [-0.2, -0.15) is 0 Å². The molecule has 0 aromatic carbocycles. The second-order valence-corrected chi connectivity index (χ2v) is 7.75. The van der Waals surface area contributed by atoms with Crippen molar-refractivity contribution in [3.05, 3.63) is 22.4 Å². The average Bonchev–Trinajstić information content (AvgIpc) is 2.96. The molecule has 2 saturated carbocycles. The topological polar surface area (TPSA) is 29.1 Å². The number of hydrogen-bond donors (Lipinski definition) is 1. The second-order valence-electron chi connectivity index (χ2n) is 6.80. The van der Waals surface area contributed by atoms with E-state index in [1.54, 1.807) is 0 Å². The van der Waals surface area contributed by atoms with Crippen LogP contribution in [0.3, 0.4) is 0 Å². The summed E-state index contributed by atoms with van der Waals surface area (Å²) in [5.41, 5.74) is 0.543. The van der Waals surface area contributed by atoms with Crippen LogP contribution in [0.4, 0.5) is 0 Å². The molecule has 0 saturated heterocycles. The molecule has 0 radical (unpaired) electrons. The molecule has 1 aromatic rings. The Morgan fingerprint density at radius 2 is 2.22 bits per heavy atom. The molecule has 3 unspecified atom stereocenters. The second kappa shape index (κ2) is 3.83. The molecule has 98 valence electrons. The van der Waals surface area contributed by atoms with E-state index < -0.39 is 0 Å². The summed E-state index contributed by atoms with van der Waals surface area (Å²) in [7, 11) is 0. The van der Waals surface area contributed by atoms with Crippen molar-refractivity contribution in [2.24, 2.45) is 16.7 Å². The van der Waals surface area contributed by atoms with Gasteiger partial charge in [-0.15, -0.1) is 11.3 Å². The minimum atomic E-state index is 0.108. The molecule has 3 rings (SSSR count). The van der Waals surface area contributed by atoms with Crippen molar-refractivity contribution < 1.29 is 4.79 Å². The molecule has 1 heterocycles. The van der Waals surface area contributed by atoms with Crippen molar-refractivity contribution in [3.8, 4) is 0 Å². The minimum Gasteiger partial charge on any atom is -0.348 e. The lowest BCUT2D eigenvalue weighted by molar-refractivity contribution is 0.0741. The van der Waals surface area contributed by atoms with Crippen LogP contribution in [-0.2, 0) is 0 Å². The van der Waals surface area contributed by atoms with E-state index >= 15 is 0 Å². The van der Waals surface area contributed by atoms with Crippen LogP contribution in [0.25, 0.3) is 0 Å². The Hall–Kier alpha value is -0.830. The zero-order valence-electron chi connectivity index (χ0n) is 11.3. The van der Waals surface area contributed by atoms with Gasteiger partial charge >= 0.3 is 0 Å². The molecule has 2 bridgehead atoms. The van der Waals surface area contributed by atoms with Gasteiger partial charge in [0.25, 0.3) is 5.91 Å². The Kier molecular flexibility index (Phi) is 2.60. The van der Waals surface area contributed by atoms with Crippen molar-refractivity contribution >= 4 is 17.2 Å². The van der Waals surface area contributed by atoms with Crippen molar-refractivity contribution in [2.45, 2.75) is 46.1 Å². The Morgan fingerprint density at radius 1 is 1.44 bits per heavy atom. The fourth-order valence-corrected chi connectivity index (χ4v) is 4.90. The molecule has 2 aliphatic rings. The number of amides is 1. The van der Waals surface area contributed by atoms with Gasteiger partial charge in [0.15, 0.2) is 0 Å².